The van der Waals surface area contributed by atoms with Gasteiger partial charge in [-0.15, -0.1) is 12.3 Å². The second-order valence-corrected chi connectivity index (χ2v) is 5.53. The maximum absolute atomic E-state index is 5.33. The fourth-order valence-corrected chi connectivity index (χ4v) is 2.01. The third-order valence-electron chi connectivity index (χ3n) is 2.29. The Kier molecular flexibility index (Phi) is 5.22. The first-order valence-corrected chi connectivity index (χ1v) is 6.32. The van der Waals surface area contributed by atoms with Gasteiger partial charge in [0.15, 0.2) is 0 Å². The van der Waals surface area contributed by atoms with Crippen molar-refractivity contribution in [1.82, 2.24) is 0 Å². The molecule has 1 rings (SSSR count). The van der Waals surface area contributed by atoms with E-state index in [-0.39, 0.29) is 5.41 Å². The third kappa shape index (κ3) is 5.09. The van der Waals surface area contributed by atoms with E-state index >= 15 is 0 Å². The van der Waals surface area contributed by atoms with Crippen LogP contribution in [0.3, 0.4) is 0 Å². The molecule has 0 N–H and O–H groups in total. The zero-order valence-electron chi connectivity index (χ0n) is 9.94. The molecule has 16 heavy (non-hydrogen) atoms. The van der Waals surface area contributed by atoms with Crippen LogP contribution in [0, 0.1) is 17.8 Å². The largest absolute Gasteiger partial charge is 0.120 e. The van der Waals surface area contributed by atoms with Gasteiger partial charge in [-0.1, -0.05) is 49.9 Å². The molecule has 0 aliphatic heterocycles. The van der Waals surface area contributed by atoms with Gasteiger partial charge in [0.2, 0.25) is 0 Å². The quantitative estimate of drug-likeness (QED) is 0.520. The van der Waals surface area contributed by atoms with E-state index in [4.69, 9.17) is 6.42 Å². The number of rotatable bonds is 5. The lowest BCUT2D eigenvalue weighted by Gasteiger charge is -2.18. The third-order valence-corrected chi connectivity index (χ3v) is 3.17. The lowest BCUT2D eigenvalue weighted by Crippen LogP contribution is -2.07. The first kappa shape index (κ1) is 12.9. The Morgan fingerprint density at radius 3 is 2.62 bits per heavy atom. The summed E-state index contributed by atoms with van der Waals surface area (Å²) in [5.74, 6) is 2.73. The Bertz CT molecular complexity index is 368. The van der Waals surface area contributed by atoms with Crippen molar-refractivity contribution >= 4 is 11.8 Å². The molecule has 1 aromatic carbocycles. The molecule has 0 bridgehead atoms. The maximum atomic E-state index is 5.33. The summed E-state index contributed by atoms with van der Waals surface area (Å²) < 4.78 is 0. The summed E-state index contributed by atoms with van der Waals surface area (Å²) in [5.41, 5.74) is 0.211. The molecule has 0 heterocycles. The van der Waals surface area contributed by atoms with Crippen molar-refractivity contribution in [2.75, 3.05) is 0 Å². The Hall–Kier alpha value is -1.13. The Morgan fingerprint density at radius 1 is 1.31 bits per heavy atom. The Morgan fingerprint density at radius 2 is 2.00 bits per heavy atom. The normalized spacial score (nSPS) is 11.6. The van der Waals surface area contributed by atoms with Crippen molar-refractivity contribution in [2.45, 2.75) is 31.6 Å². The summed E-state index contributed by atoms with van der Waals surface area (Å²) in [5, 5.41) is 2.15. The van der Waals surface area contributed by atoms with Crippen LogP contribution in [0.25, 0.3) is 0 Å². The molecule has 0 atom stereocenters. The number of allylic oxidation sites excluding steroid dienone is 1. The molecule has 84 valence electrons. The molecule has 0 spiro atoms. The minimum absolute atomic E-state index is 0.211. The highest BCUT2D eigenvalue weighted by Crippen LogP contribution is 2.26. The minimum atomic E-state index is 0.211. The van der Waals surface area contributed by atoms with Crippen LogP contribution in [0.2, 0.25) is 0 Å². The van der Waals surface area contributed by atoms with Gasteiger partial charge in [-0.2, -0.15) is 0 Å². The van der Waals surface area contributed by atoms with Gasteiger partial charge in [-0.05, 0) is 29.4 Å². The highest BCUT2D eigenvalue weighted by molar-refractivity contribution is 8.02. The maximum Gasteiger partial charge on any atom is 0.0140 e. The second kappa shape index (κ2) is 6.45. The molecule has 0 amide bonds. The number of terminal acetylenes is 1. The number of thioether (sulfide) groups is 1. The van der Waals surface area contributed by atoms with Gasteiger partial charge in [-0.25, -0.2) is 0 Å². The van der Waals surface area contributed by atoms with Crippen molar-refractivity contribution in [3.63, 3.8) is 0 Å². The van der Waals surface area contributed by atoms with E-state index in [0.29, 0.717) is 0 Å². The summed E-state index contributed by atoms with van der Waals surface area (Å²) in [6, 6.07) is 10.4. The molecule has 0 aromatic heterocycles. The van der Waals surface area contributed by atoms with E-state index in [1.165, 1.54) is 4.90 Å². The summed E-state index contributed by atoms with van der Waals surface area (Å²) >= 11 is 1.75. The minimum Gasteiger partial charge on any atom is -0.120 e. The predicted molar refractivity (Wildman–Crippen MR) is 73.3 cm³/mol. The van der Waals surface area contributed by atoms with E-state index in [9.17, 15) is 0 Å². The topological polar surface area (TPSA) is 0 Å². The van der Waals surface area contributed by atoms with Crippen molar-refractivity contribution in [1.29, 1.82) is 0 Å². The molecule has 1 heteroatoms. The van der Waals surface area contributed by atoms with Gasteiger partial charge >= 0.3 is 0 Å². The summed E-state index contributed by atoms with van der Waals surface area (Å²) in [7, 11) is 0. The summed E-state index contributed by atoms with van der Waals surface area (Å²) in [6.07, 6.45) is 9.39. The van der Waals surface area contributed by atoms with E-state index in [1.807, 2.05) is 6.07 Å². The smallest absolute Gasteiger partial charge is 0.0140 e. The van der Waals surface area contributed by atoms with Gasteiger partial charge in [0.05, 0.1) is 0 Å². The van der Waals surface area contributed by atoms with Crippen LogP contribution in [0.5, 0.6) is 0 Å². The predicted octanol–water partition coefficient (Wildman–Crippen LogP) is 4.73. The van der Waals surface area contributed by atoms with Crippen LogP contribution in [-0.4, -0.2) is 0 Å². The molecule has 0 nitrogen and oxygen atoms in total. The molecule has 0 aliphatic carbocycles. The van der Waals surface area contributed by atoms with Crippen LogP contribution in [-0.2, 0) is 0 Å². The van der Waals surface area contributed by atoms with Gasteiger partial charge in [-0.3, -0.25) is 0 Å². The first-order valence-electron chi connectivity index (χ1n) is 5.44. The summed E-state index contributed by atoms with van der Waals surface area (Å²) in [6.45, 7) is 4.40. The first-order chi connectivity index (χ1) is 7.64. The van der Waals surface area contributed by atoms with Crippen molar-refractivity contribution in [2.24, 2.45) is 5.41 Å². The highest BCUT2D eigenvalue weighted by atomic mass is 32.2. The lowest BCUT2D eigenvalue weighted by atomic mass is 9.86. The van der Waals surface area contributed by atoms with Gasteiger partial charge in [0.25, 0.3) is 0 Å². The standard InChI is InChI=1S/C15H18S/c1-4-11-15(2,3)12-8-13-16-14-9-6-5-7-10-14/h1,5-10,13H,11-12H2,2-3H3. The average Bonchev–Trinajstić information content (AvgIpc) is 2.26. The monoisotopic (exact) mass is 230 g/mol. The van der Waals surface area contributed by atoms with Gasteiger partial charge < -0.3 is 0 Å². The SMILES string of the molecule is C#CCC(C)(C)CC=CSc1ccccc1. The molecular formula is C15H18S. The van der Waals surface area contributed by atoms with Crippen LogP contribution in [0.4, 0.5) is 0 Å². The molecule has 0 saturated carbocycles. The average molecular weight is 230 g/mol. The van der Waals surface area contributed by atoms with Gasteiger partial charge in [0, 0.05) is 11.3 Å². The van der Waals surface area contributed by atoms with Crippen molar-refractivity contribution < 1.29 is 0 Å². The number of hydrogen-bond acceptors (Lipinski definition) is 1. The molecular weight excluding hydrogens is 212 g/mol. The zero-order chi connectivity index (χ0) is 11.9. The second-order valence-electron chi connectivity index (χ2n) is 4.55. The molecule has 0 fully saturated rings. The lowest BCUT2D eigenvalue weighted by molar-refractivity contribution is 0.384. The number of hydrogen-bond donors (Lipinski definition) is 0. The molecule has 0 unspecified atom stereocenters. The van der Waals surface area contributed by atoms with E-state index in [1.54, 1.807) is 11.8 Å². The fourth-order valence-electron chi connectivity index (χ4n) is 1.34. The van der Waals surface area contributed by atoms with E-state index in [2.05, 4.69) is 55.5 Å². The van der Waals surface area contributed by atoms with Crippen LogP contribution in [0.1, 0.15) is 26.7 Å². The van der Waals surface area contributed by atoms with Crippen LogP contribution < -0.4 is 0 Å². The van der Waals surface area contributed by atoms with Crippen molar-refractivity contribution in [3.05, 3.63) is 41.8 Å². The van der Waals surface area contributed by atoms with Crippen molar-refractivity contribution in [3.8, 4) is 12.3 Å². The Balaban J connectivity index is 2.37. The molecule has 0 saturated heterocycles. The fraction of sp³-hybridized carbons (Fsp3) is 0.333. The van der Waals surface area contributed by atoms with Crippen LogP contribution >= 0.6 is 11.8 Å². The van der Waals surface area contributed by atoms with Crippen LogP contribution in [0.15, 0.2) is 46.7 Å². The van der Waals surface area contributed by atoms with E-state index in [0.717, 1.165) is 12.8 Å². The van der Waals surface area contributed by atoms with E-state index < -0.39 is 0 Å². The summed E-state index contributed by atoms with van der Waals surface area (Å²) in [4.78, 5) is 1.27. The number of benzene rings is 1. The molecule has 1 aromatic rings. The zero-order valence-corrected chi connectivity index (χ0v) is 10.8. The Labute approximate surface area is 103 Å². The molecule has 0 radical (unpaired) electrons. The molecule has 0 aliphatic rings. The van der Waals surface area contributed by atoms with Gasteiger partial charge in [0.1, 0.15) is 0 Å². The highest BCUT2D eigenvalue weighted by Gasteiger charge is 2.13.